The van der Waals surface area contributed by atoms with Crippen molar-refractivity contribution >= 4 is 5.78 Å². The average Bonchev–Trinajstić information content (AvgIpc) is 2.20. The Balaban J connectivity index is 3.23. The van der Waals surface area contributed by atoms with Crippen LogP contribution in [0.3, 0.4) is 0 Å². The van der Waals surface area contributed by atoms with Gasteiger partial charge in [0, 0.05) is 11.8 Å². The number of rotatable bonds is 3. The molecule has 3 N–H and O–H groups in total. The normalized spacial score (nSPS) is 30.5. The van der Waals surface area contributed by atoms with Crippen molar-refractivity contribution in [2.24, 2.45) is 5.41 Å². The van der Waals surface area contributed by atoms with E-state index in [4.69, 9.17) is 0 Å². The average molecular weight is 240 g/mol. The third-order valence-electron chi connectivity index (χ3n) is 3.26. The van der Waals surface area contributed by atoms with Crippen LogP contribution in [-0.2, 0) is 4.79 Å². The predicted molar refractivity (Wildman–Crippen MR) is 64.3 cm³/mol. The van der Waals surface area contributed by atoms with Gasteiger partial charge in [-0.15, -0.1) is 0 Å². The molecule has 0 spiro atoms. The van der Waals surface area contributed by atoms with E-state index in [1.54, 1.807) is 20.8 Å². The molecule has 96 valence electrons. The quantitative estimate of drug-likeness (QED) is 0.630. The third-order valence-corrected chi connectivity index (χ3v) is 3.26. The summed E-state index contributed by atoms with van der Waals surface area (Å²) in [6.07, 6.45) is 3.73. The maximum atomic E-state index is 11.5. The molecule has 1 rings (SSSR count). The van der Waals surface area contributed by atoms with E-state index >= 15 is 0 Å². The van der Waals surface area contributed by atoms with Gasteiger partial charge in [-0.25, -0.2) is 0 Å². The van der Waals surface area contributed by atoms with Crippen LogP contribution in [0.5, 0.6) is 0 Å². The molecule has 0 bridgehead atoms. The Bertz CT molecular complexity index is 366. The van der Waals surface area contributed by atoms with E-state index < -0.39 is 17.1 Å². The van der Waals surface area contributed by atoms with E-state index in [9.17, 15) is 20.1 Å². The van der Waals surface area contributed by atoms with Crippen LogP contribution in [0.15, 0.2) is 23.8 Å². The van der Waals surface area contributed by atoms with E-state index in [1.807, 2.05) is 0 Å². The molecule has 4 heteroatoms. The minimum absolute atomic E-state index is 0.103. The number of carbonyl (C=O) groups is 1. The second kappa shape index (κ2) is 4.72. The van der Waals surface area contributed by atoms with E-state index in [2.05, 4.69) is 0 Å². The van der Waals surface area contributed by atoms with Crippen LogP contribution in [0.4, 0.5) is 0 Å². The minimum Gasteiger partial charge on any atom is -0.392 e. The summed E-state index contributed by atoms with van der Waals surface area (Å²) in [5, 5.41) is 29.1. The molecule has 0 saturated carbocycles. The molecule has 0 amide bonds. The first-order valence-corrected chi connectivity index (χ1v) is 5.67. The van der Waals surface area contributed by atoms with Crippen molar-refractivity contribution in [3.63, 3.8) is 0 Å². The highest BCUT2D eigenvalue weighted by Gasteiger charge is 2.47. The summed E-state index contributed by atoms with van der Waals surface area (Å²) < 4.78 is 0. The first-order valence-electron chi connectivity index (χ1n) is 5.67. The Morgan fingerprint density at radius 1 is 1.53 bits per heavy atom. The van der Waals surface area contributed by atoms with Crippen LogP contribution in [0.1, 0.15) is 27.2 Å². The Kier molecular flexibility index (Phi) is 3.91. The summed E-state index contributed by atoms with van der Waals surface area (Å²) in [6.45, 7) is 4.72. The molecule has 2 atom stereocenters. The fourth-order valence-electron chi connectivity index (χ4n) is 2.14. The molecule has 1 unspecified atom stereocenters. The van der Waals surface area contributed by atoms with Crippen LogP contribution in [0.2, 0.25) is 0 Å². The summed E-state index contributed by atoms with van der Waals surface area (Å²) in [5.41, 5.74) is -1.83. The van der Waals surface area contributed by atoms with Gasteiger partial charge in [0.1, 0.15) is 5.60 Å². The molecule has 0 aromatic heterocycles. The molecule has 0 fully saturated rings. The first kappa shape index (κ1) is 14.1. The molecule has 17 heavy (non-hydrogen) atoms. The molecular formula is C13H20O4. The van der Waals surface area contributed by atoms with Crippen LogP contribution < -0.4 is 0 Å². The molecular weight excluding hydrogens is 220 g/mol. The molecule has 1 aliphatic carbocycles. The molecule has 0 aromatic rings. The summed E-state index contributed by atoms with van der Waals surface area (Å²) in [4.78, 5) is 11.5. The van der Waals surface area contributed by atoms with E-state index in [0.29, 0.717) is 0 Å². The lowest BCUT2D eigenvalue weighted by atomic mass is 9.64. The van der Waals surface area contributed by atoms with Crippen molar-refractivity contribution in [3.05, 3.63) is 23.8 Å². The number of carbonyl (C=O) groups excluding carboxylic acids is 1. The second-order valence-corrected chi connectivity index (χ2v) is 5.22. The number of allylic oxidation sites excluding steroid dienone is 1. The summed E-state index contributed by atoms with van der Waals surface area (Å²) in [7, 11) is 0. The monoisotopic (exact) mass is 240 g/mol. The molecule has 0 heterocycles. The maximum absolute atomic E-state index is 11.5. The molecule has 0 aromatic carbocycles. The SMILES string of the molecule is CC(O)C=C[C@@]1(O)C(CO)=CC(=O)CC1(C)C. The summed E-state index contributed by atoms with van der Waals surface area (Å²) in [5.74, 6) is -0.103. The van der Waals surface area contributed by atoms with Gasteiger partial charge in [0.25, 0.3) is 0 Å². The van der Waals surface area contributed by atoms with Crippen LogP contribution in [0.25, 0.3) is 0 Å². The molecule has 1 aliphatic rings. The lowest BCUT2D eigenvalue weighted by Crippen LogP contribution is -2.49. The van der Waals surface area contributed by atoms with Gasteiger partial charge in [-0.3, -0.25) is 4.79 Å². The van der Waals surface area contributed by atoms with Crippen molar-refractivity contribution in [2.75, 3.05) is 6.61 Å². The summed E-state index contributed by atoms with van der Waals surface area (Å²) >= 11 is 0. The standard InChI is InChI=1S/C13H20O4/c1-9(15)4-5-13(17)10(8-14)6-11(16)7-12(13,2)3/h4-6,9,14-15,17H,7-8H2,1-3H3/t9?,13-/m1/s1. The summed E-state index contributed by atoms with van der Waals surface area (Å²) in [6, 6.07) is 0. The lowest BCUT2D eigenvalue weighted by Gasteiger charge is -2.44. The highest BCUT2D eigenvalue weighted by Crippen LogP contribution is 2.44. The Morgan fingerprint density at radius 2 is 2.12 bits per heavy atom. The van der Waals surface area contributed by atoms with E-state index in [1.165, 1.54) is 18.2 Å². The topological polar surface area (TPSA) is 77.8 Å². The van der Waals surface area contributed by atoms with Crippen molar-refractivity contribution in [2.45, 2.75) is 38.9 Å². The Labute approximate surface area is 101 Å². The maximum Gasteiger partial charge on any atom is 0.156 e. The third kappa shape index (κ3) is 2.65. The van der Waals surface area contributed by atoms with E-state index in [0.717, 1.165) is 0 Å². The van der Waals surface area contributed by atoms with Crippen LogP contribution in [0, 0.1) is 5.41 Å². The number of aliphatic hydroxyl groups is 3. The molecule has 0 radical (unpaired) electrons. The lowest BCUT2D eigenvalue weighted by molar-refractivity contribution is -0.121. The van der Waals surface area contributed by atoms with Crippen LogP contribution >= 0.6 is 0 Å². The smallest absolute Gasteiger partial charge is 0.156 e. The van der Waals surface area contributed by atoms with Gasteiger partial charge in [0.15, 0.2) is 5.78 Å². The van der Waals surface area contributed by atoms with Crippen molar-refractivity contribution in [1.82, 2.24) is 0 Å². The zero-order chi connectivity index (χ0) is 13.3. The highest BCUT2D eigenvalue weighted by atomic mass is 16.3. The van der Waals surface area contributed by atoms with Crippen LogP contribution in [-0.4, -0.2) is 39.4 Å². The van der Waals surface area contributed by atoms with Crippen molar-refractivity contribution in [3.8, 4) is 0 Å². The number of hydrogen-bond acceptors (Lipinski definition) is 4. The van der Waals surface area contributed by atoms with Gasteiger partial charge in [-0.05, 0) is 24.6 Å². The first-order chi connectivity index (χ1) is 7.73. The fraction of sp³-hybridized carbons (Fsp3) is 0.615. The highest BCUT2D eigenvalue weighted by molar-refractivity contribution is 5.93. The van der Waals surface area contributed by atoms with Gasteiger partial charge in [0.05, 0.1) is 12.7 Å². The largest absolute Gasteiger partial charge is 0.392 e. The number of hydrogen-bond donors (Lipinski definition) is 3. The zero-order valence-corrected chi connectivity index (χ0v) is 10.5. The molecule has 0 aliphatic heterocycles. The minimum atomic E-state index is -1.40. The Morgan fingerprint density at radius 3 is 2.59 bits per heavy atom. The van der Waals surface area contributed by atoms with Gasteiger partial charge in [-0.2, -0.15) is 0 Å². The van der Waals surface area contributed by atoms with E-state index in [-0.39, 0.29) is 24.4 Å². The van der Waals surface area contributed by atoms with Gasteiger partial charge >= 0.3 is 0 Å². The van der Waals surface area contributed by atoms with Crippen molar-refractivity contribution in [1.29, 1.82) is 0 Å². The van der Waals surface area contributed by atoms with Crippen molar-refractivity contribution < 1.29 is 20.1 Å². The van der Waals surface area contributed by atoms with Gasteiger partial charge < -0.3 is 15.3 Å². The number of ketones is 1. The Hall–Kier alpha value is -0.970. The zero-order valence-electron chi connectivity index (χ0n) is 10.5. The van der Waals surface area contributed by atoms with Gasteiger partial charge in [-0.1, -0.05) is 19.9 Å². The molecule has 0 saturated heterocycles. The predicted octanol–water partition coefficient (Wildman–Crippen LogP) is 0.572. The number of aliphatic hydroxyl groups excluding tert-OH is 2. The fourth-order valence-corrected chi connectivity index (χ4v) is 2.14. The second-order valence-electron chi connectivity index (χ2n) is 5.22. The molecule has 4 nitrogen and oxygen atoms in total. The van der Waals surface area contributed by atoms with Gasteiger partial charge in [0.2, 0.25) is 0 Å².